The van der Waals surface area contributed by atoms with Crippen LogP contribution in [0.5, 0.6) is 11.5 Å². The van der Waals surface area contributed by atoms with Crippen LogP contribution >= 0.6 is 0 Å². The second kappa shape index (κ2) is 11.5. The number of likely N-dealkylation sites (N-methyl/N-ethyl adjacent to an activating group) is 1. The first-order valence-electron chi connectivity index (χ1n) is 12.4. The number of aliphatic hydroxyl groups is 1. The number of benzene rings is 2. The van der Waals surface area contributed by atoms with E-state index >= 15 is 0 Å². The minimum absolute atomic E-state index is 0.0106. The first-order valence-corrected chi connectivity index (χ1v) is 13.8. The van der Waals surface area contributed by atoms with Crippen LogP contribution in [0.25, 0.3) is 11.1 Å². The quantitative estimate of drug-likeness (QED) is 0.491. The molecule has 38 heavy (non-hydrogen) atoms. The van der Waals surface area contributed by atoms with Gasteiger partial charge in [0.05, 0.1) is 20.3 Å². The molecule has 1 N–H and O–H groups in total. The molecule has 0 unspecified atom stereocenters. The summed E-state index contributed by atoms with van der Waals surface area (Å²) in [5.74, 6) is 0.338. The van der Waals surface area contributed by atoms with Crippen molar-refractivity contribution in [2.24, 2.45) is 5.92 Å². The monoisotopic (exact) mass is 539 g/mol. The van der Waals surface area contributed by atoms with Crippen LogP contribution in [0.15, 0.2) is 71.9 Å². The van der Waals surface area contributed by atoms with Crippen molar-refractivity contribution in [3.05, 3.63) is 72.6 Å². The average molecular weight is 540 g/mol. The number of nitrogens with zero attached hydrogens (tertiary/aromatic N) is 3. The van der Waals surface area contributed by atoms with Crippen LogP contribution in [0.3, 0.4) is 0 Å². The van der Waals surface area contributed by atoms with Crippen molar-refractivity contribution < 1.29 is 27.8 Å². The summed E-state index contributed by atoms with van der Waals surface area (Å²) >= 11 is 0. The average Bonchev–Trinajstić information content (AvgIpc) is 2.94. The van der Waals surface area contributed by atoms with Crippen molar-refractivity contribution in [2.45, 2.75) is 30.9 Å². The van der Waals surface area contributed by atoms with Gasteiger partial charge in [0.2, 0.25) is 10.0 Å². The van der Waals surface area contributed by atoms with Gasteiger partial charge in [0.15, 0.2) is 0 Å². The number of aromatic nitrogens is 1. The van der Waals surface area contributed by atoms with E-state index in [1.54, 1.807) is 62.6 Å². The van der Waals surface area contributed by atoms with Crippen molar-refractivity contribution in [1.29, 1.82) is 0 Å². The molecule has 0 aliphatic carbocycles. The fraction of sp³-hybridized carbons (Fsp3) is 0.357. The molecule has 3 aromatic rings. The van der Waals surface area contributed by atoms with Gasteiger partial charge < -0.3 is 19.5 Å². The molecule has 1 aliphatic heterocycles. The SMILES string of the molecule is COc1ccccc1-c1ccc2c(c1)O[C@@H](CN(C)C(=O)c1ccncc1)[C@H](C)CN([C@@H](C)CO)S2(=O)=O. The number of aliphatic hydroxyl groups excluding tert-OH is 1. The van der Waals surface area contributed by atoms with E-state index in [1.165, 1.54) is 10.4 Å². The first-order chi connectivity index (χ1) is 18.2. The summed E-state index contributed by atoms with van der Waals surface area (Å²) in [6, 6.07) is 15.1. The van der Waals surface area contributed by atoms with Crippen LogP contribution in [0.2, 0.25) is 0 Å². The normalized spacial score (nSPS) is 19.8. The standard InChI is InChI=1S/C28H33N3O6S/c1-19-16-31(20(2)18-32)38(34,35)27-10-9-22(23-7-5-6-8-24(23)36-4)15-25(27)37-26(19)17-30(3)28(33)21-11-13-29-14-12-21/h5-15,19-20,26,32H,16-18H2,1-4H3/t19-,20+,26+/m1/s1. The summed E-state index contributed by atoms with van der Waals surface area (Å²) in [6.07, 6.45) is 2.59. The molecule has 202 valence electrons. The Morgan fingerprint density at radius 1 is 1.21 bits per heavy atom. The topological polar surface area (TPSA) is 109 Å². The molecule has 10 heteroatoms. The Hall–Kier alpha value is -3.47. The Morgan fingerprint density at radius 2 is 1.92 bits per heavy atom. The number of para-hydroxylation sites is 1. The fourth-order valence-corrected chi connectivity index (χ4v) is 6.39. The van der Waals surface area contributed by atoms with E-state index in [1.807, 2.05) is 31.2 Å². The van der Waals surface area contributed by atoms with Gasteiger partial charge in [0.25, 0.3) is 5.91 Å². The maximum absolute atomic E-state index is 13.8. The Bertz CT molecular complexity index is 1380. The van der Waals surface area contributed by atoms with Crippen molar-refractivity contribution in [3.8, 4) is 22.6 Å². The molecule has 0 fully saturated rings. The number of methoxy groups -OCH3 is 1. The number of carbonyl (C=O) groups excluding carboxylic acids is 1. The third-order valence-electron chi connectivity index (χ3n) is 6.81. The number of hydrogen-bond donors (Lipinski definition) is 1. The third kappa shape index (κ3) is 5.52. The van der Waals surface area contributed by atoms with Gasteiger partial charge in [-0.15, -0.1) is 0 Å². The predicted octanol–water partition coefficient (Wildman–Crippen LogP) is 3.30. The highest BCUT2D eigenvalue weighted by Gasteiger charge is 2.38. The molecule has 1 aliphatic rings. The fourth-order valence-electron chi connectivity index (χ4n) is 4.56. The maximum atomic E-state index is 13.8. The lowest BCUT2D eigenvalue weighted by Crippen LogP contribution is -2.50. The van der Waals surface area contributed by atoms with Crippen molar-refractivity contribution in [3.63, 3.8) is 0 Å². The van der Waals surface area contributed by atoms with E-state index < -0.39 is 22.2 Å². The van der Waals surface area contributed by atoms with Gasteiger partial charge in [-0.3, -0.25) is 9.78 Å². The third-order valence-corrected chi connectivity index (χ3v) is 8.83. The molecule has 0 saturated heterocycles. The van der Waals surface area contributed by atoms with Crippen LogP contribution in [0.4, 0.5) is 0 Å². The number of pyridine rings is 1. The lowest BCUT2D eigenvalue weighted by molar-refractivity contribution is 0.0563. The number of sulfonamides is 1. The highest BCUT2D eigenvalue weighted by atomic mass is 32.2. The zero-order chi connectivity index (χ0) is 27.4. The van der Waals surface area contributed by atoms with Gasteiger partial charge in [-0.05, 0) is 42.8 Å². The van der Waals surface area contributed by atoms with Crippen molar-refractivity contribution in [2.75, 3.05) is 33.9 Å². The smallest absolute Gasteiger partial charge is 0.253 e. The molecule has 0 radical (unpaired) electrons. The zero-order valence-electron chi connectivity index (χ0n) is 21.9. The summed E-state index contributed by atoms with van der Waals surface area (Å²) in [6.45, 7) is 3.58. The number of hydrogen-bond acceptors (Lipinski definition) is 7. The molecular weight excluding hydrogens is 506 g/mol. The van der Waals surface area contributed by atoms with Gasteiger partial charge >= 0.3 is 0 Å². The van der Waals surface area contributed by atoms with Gasteiger partial charge in [-0.2, -0.15) is 4.31 Å². The van der Waals surface area contributed by atoms with Crippen LogP contribution in [-0.2, 0) is 10.0 Å². The van der Waals surface area contributed by atoms with Gasteiger partial charge in [-0.25, -0.2) is 8.42 Å². The largest absolute Gasteiger partial charge is 0.496 e. The minimum atomic E-state index is -3.98. The summed E-state index contributed by atoms with van der Waals surface area (Å²) in [4.78, 5) is 18.6. The first kappa shape index (κ1) is 27.6. The van der Waals surface area contributed by atoms with E-state index in [2.05, 4.69) is 4.98 Å². The van der Waals surface area contributed by atoms with E-state index in [0.717, 1.165) is 11.1 Å². The number of ether oxygens (including phenoxy) is 2. The molecule has 9 nitrogen and oxygen atoms in total. The lowest BCUT2D eigenvalue weighted by Gasteiger charge is -2.37. The molecule has 2 aromatic carbocycles. The van der Waals surface area contributed by atoms with E-state index in [0.29, 0.717) is 11.3 Å². The van der Waals surface area contributed by atoms with Gasteiger partial charge in [0, 0.05) is 49.1 Å². The Morgan fingerprint density at radius 3 is 2.61 bits per heavy atom. The highest BCUT2D eigenvalue weighted by molar-refractivity contribution is 7.89. The summed E-state index contributed by atoms with van der Waals surface area (Å²) in [5.41, 5.74) is 2.01. The molecule has 3 atom stereocenters. The molecule has 1 amide bonds. The summed E-state index contributed by atoms with van der Waals surface area (Å²) in [5, 5.41) is 9.87. The maximum Gasteiger partial charge on any atom is 0.253 e. The minimum Gasteiger partial charge on any atom is -0.496 e. The Balaban J connectivity index is 1.77. The molecule has 0 bridgehead atoms. The van der Waals surface area contributed by atoms with Gasteiger partial charge in [-0.1, -0.05) is 31.2 Å². The van der Waals surface area contributed by atoms with Crippen molar-refractivity contribution >= 4 is 15.9 Å². The molecule has 2 heterocycles. The number of carbonyl (C=O) groups is 1. The number of rotatable bonds is 7. The second-order valence-corrected chi connectivity index (χ2v) is 11.4. The van der Waals surface area contributed by atoms with E-state index in [4.69, 9.17) is 9.47 Å². The molecule has 0 spiro atoms. The Labute approximate surface area is 223 Å². The summed E-state index contributed by atoms with van der Waals surface area (Å²) < 4.78 is 40.8. The van der Waals surface area contributed by atoms with E-state index in [9.17, 15) is 18.3 Å². The van der Waals surface area contributed by atoms with Crippen molar-refractivity contribution in [1.82, 2.24) is 14.2 Å². The van der Waals surface area contributed by atoms with Gasteiger partial charge in [0.1, 0.15) is 22.5 Å². The Kier molecular flexibility index (Phi) is 8.35. The van der Waals surface area contributed by atoms with Crippen LogP contribution in [0.1, 0.15) is 24.2 Å². The number of fused-ring (bicyclic) bond motifs is 1. The number of amides is 1. The molecule has 4 rings (SSSR count). The molecule has 1 aromatic heterocycles. The zero-order valence-corrected chi connectivity index (χ0v) is 22.8. The predicted molar refractivity (Wildman–Crippen MR) is 144 cm³/mol. The highest BCUT2D eigenvalue weighted by Crippen LogP contribution is 2.38. The molecular formula is C28H33N3O6S. The van der Waals surface area contributed by atoms with Crippen LogP contribution in [-0.4, -0.2) is 79.6 Å². The lowest BCUT2D eigenvalue weighted by atomic mass is 10.0. The second-order valence-electron chi connectivity index (χ2n) is 9.52. The summed E-state index contributed by atoms with van der Waals surface area (Å²) in [7, 11) is -0.716. The van der Waals surface area contributed by atoms with Crippen LogP contribution < -0.4 is 9.47 Å². The van der Waals surface area contributed by atoms with Crippen LogP contribution in [0, 0.1) is 5.92 Å². The molecule has 0 saturated carbocycles. The van der Waals surface area contributed by atoms with E-state index in [-0.39, 0.29) is 42.2 Å².